The van der Waals surface area contributed by atoms with E-state index in [4.69, 9.17) is 5.11 Å². The number of carbonyl (C=O) groups is 2. The molecule has 0 fully saturated rings. The van der Waals surface area contributed by atoms with E-state index in [2.05, 4.69) is 10.6 Å². The number of aromatic carboxylic acids is 1. The van der Waals surface area contributed by atoms with Gasteiger partial charge in [-0.15, -0.1) is 0 Å². The van der Waals surface area contributed by atoms with E-state index >= 15 is 0 Å². The number of carbonyl (C=O) groups excluding carboxylic acids is 1. The number of rotatable bonds is 2. The van der Waals surface area contributed by atoms with Crippen LogP contribution in [0.5, 0.6) is 0 Å². The van der Waals surface area contributed by atoms with Crippen molar-refractivity contribution in [1.82, 2.24) is 5.32 Å². The Kier molecular flexibility index (Phi) is 3.73. The molecule has 0 saturated heterocycles. The number of urea groups is 1. The molecular weight excluding hydrogens is 220 g/mol. The highest BCUT2D eigenvalue weighted by molar-refractivity contribution is 5.91. The maximum atomic E-state index is 11.5. The van der Waals surface area contributed by atoms with Gasteiger partial charge in [-0.3, -0.25) is 0 Å². The van der Waals surface area contributed by atoms with E-state index in [0.717, 1.165) is 0 Å². The SMILES string of the molecule is CC(C)(C)NC(=O)Nc1ccc(C(=O)O)cc1. The van der Waals surface area contributed by atoms with Crippen LogP contribution in [-0.2, 0) is 0 Å². The lowest BCUT2D eigenvalue weighted by Gasteiger charge is -2.20. The molecule has 0 atom stereocenters. The van der Waals surface area contributed by atoms with Crippen LogP contribution in [0.3, 0.4) is 0 Å². The van der Waals surface area contributed by atoms with E-state index in [9.17, 15) is 9.59 Å². The Labute approximate surface area is 99.8 Å². The summed E-state index contributed by atoms with van der Waals surface area (Å²) in [4.78, 5) is 22.1. The molecule has 17 heavy (non-hydrogen) atoms. The molecule has 0 aromatic heterocycles. The molecule has 0 aliphatic rings. The molecule has 1 aromatic carbocycles. The van der Waals surface area contributed by atoms with Gasteiger partial charge in [-0.05, 0) is 45.0 Å². The summed E-state index contributed by atoms with van der Waals surface area (Å²) in [6, 6.07) is 5.65. The predicted molar refractivity (Wildman–Crippen MR) is 65.3 cm³/mol. The van der Waals surface area contributed by atoms with Crippen LogP contribution in [0.2, 0.25) is 0 Å². The summed E-state index contributed by atoms with van der Waals surface area (Å²) in [5.74, 6) is -0.990. The molecule has 0 heterocycles. The first kappa shape index (κ1) is 13.0. The molecule has 0 bridgehead atoms. The van der Waals surface area contributed by atoms with Gasteiger partial charge in [0, 0.05) is 11.2 Å². The van der Waals surface area contributed by atoms with Gasteiger partial charge < -0.3 is 15.7 Å². The van der Waals surface area contributed by atoms with Gasteiger partial charge in [-0.2, -0.15) is 0 Å². The van der Waals surface area contributed by atoms with E-state index in [0.29, 0.717) is 5.69 Å². The summed E-state index contributed by atoms with van der Waals surface area (Å²) < 4.78 is 0. The first-order chi connectivity index (χ1) is 7.78. The van der Waals surface area contributed by atoms with Crippen molar-refractivity contribution < 1.29 is 14.7 Å². The maximum Gasteiger partial charge on any atom is 0.335 e. The fourth-order valence-electron chi connectivity index (χ4n) is 1.20. The number of nitrogens with one attached hydrogen (secondary N) is 2. The predicted octanol–water partition coefficient (Wildman–Crippen LogP) is 2.30. The molecule has 5 nitrogen and oxygen atoms in total. The minimum absolute atomic E-state index is 0.187. The molecule has 2 amide bonds. The van der Waals surface area contributed by atoms with Crippen molar-refractivity contribution in [3.8, 4) is 0 Å². The van der Waals surface area contributed by atoms with Crippen LogP contribution in [0.4, 0.5) is 10.5 Å². The third-order valence-corrected chi connectivity index (χ3v) is 1.88. The van der Waals surface area contributed by atoms with E-state index in [1.807, 2.05) is 20.8 Å². The van der Waals surface area contributed by atoms with Crippen LogP contribution in [0.1, 0.15) is 31.1 Å². The molecule has 5 heteroatoms. The minimum atomic E-state index is -0.990. The Morgan fingerprint density at radius 3 is 2.06 bits per heavy atom. The molecule has 0 unspecified atom stereocenters. The van der Waals surface area contributed by atoms with E-state index in [1.54, 1.807) is 12.1 Å². The average Bonchev–Trinajstić information content (AvgIpc) is 2.15. The second-order valence-electron chi connectivity index (χ2n) is 4.71. The summed E-state index contributed by atoms with van der Waals surface area (Å²) in [6.45, 7) is 5.63. The zero-order valence-corrected chi connectivity index (χ0v) is 10.1. The fourth-order valence-corrected chi connectivity index (χ4v) is 1.20. The van der Waals surface area contributed by atoms with Gasteiger partial charge in [0.05, 0.1) is 5.56 Å². The summed E-state index contributed by atoms with van der Waals surface area (Å²) in [5, 5.41) is 14.1. The summed E-state index contributed by atoms with van der Waals surface area (Å²) in [5.41, 5.74) is 0.425. The van der Waals surface area contributed by atoms with Crippen molar-refractivity contribution in [2.75, 3.05) is 5.32 Å². The number of benzene rings is 1. The van der Waals surface area contributed by atoms with Crippen LogP contribution in [-0.4, -0.2) is 22.6 Å². The molecule has 0 spiro atoms. The first-order valence-corrected chi connectivity index (χ1v) is 5.20. The topological polar surface area (TPSA) is 78.4 Å². The summed E-state index contributed by atoms with van der Waals surface area (Å²) >= 11 is 0. The van der Waals surface area contributed by atoms with E-state index in [1.165, 1.54) is 12.1 Å². The highest BCUT2D eigenvalue weighted by atomic mass is 16.4. The van der Waals surface area contributed by atoms with Crippen LogP contribution in [0.25, 0.3) is 0 Å². The number of carboxylic acids is 1. The third-order valence-electron chi connectivity index (χ3n) is 1.88. The summed E-state index contributed by atoms with van der Waals surface area (Å²) in [6.07, 6.45) is 0. The van der Waals surface area contributed by atoms with Gasteiger partial charge >= 0.3 is 12.0 Å². The number of anilines is 1. The van der Waals surface area contributed by atoms with Gasteiger partial charge in [-0.25, -0.2) is 9.59 Å². The zero-order valence-electron chi connectivity index (χ0n) is 10.1. The summed E-state index contributed by atoms with van der Waals surface area (Å²) in [7, 11) is 0. The molecule has 0 aliphatic heterocycles. The maximum absolute atomic E-state index is 11.5. The van der Waals surface area contributed by atoms with Gasteiger partial charge in [0.15, 0.2) is 0 Å². The minimum Gasteiger partial charge on any atom is -0.478 e. The molecule has 0 aliphatic carbocycles. The van der Waals surface area contributed by atoms with Gasteiger partial charge in [0.1, 0.15) is 0 Å². The van der Waals surface area contributed by atoms with Crippen LogP contribution in [0, 0.1) is 0 Å². The van der Waals surface area contributed by atoms with Crippen molar-refractivity contribution in [2.24, 2.45) is 0 Å². The van der Waals surface area contributed by atoms with Gasteiger partial charge in [0.2, 0.25) is 0 Å². The average molecular weight is 236 g/mol. The zero-order chi connectivity index (χ0) is 13.1. The molecule has 0 saturated carbocycles. The lowest BCUT2D eigenvalue weighted by atomic mass is 10.1. The lowest BCUT2D eigenvalue weighted by molar-refractivity contribution is 0.0697. The fraction of sp³-hybridized carbons (Fsp3) is 0.333. The van der Waals surface area contributed by atoms with Crippen LogP contribution >= 0.6 is 0 Å². The molecule has 0 radical (unpaired) electrons. The van der Waals surface area contributed by atoms with Gasteiger partial charge in [0.25, 0.3) is 0 Å². The lowest BCUT2D eigenvalue weighted by Crippen LogP contribution is -2.43. The molecule has 92 valence electrons. The Hall–Kier alpha value is -2.04. The Balaban J connectivity index is 2.64. The van der Waals surface area contributed by atoms with E-state index < -0.39 is 5.97 Å². The second kappa shape index (κ2) is 4.86. The first-order valence-electron chi connectivity index (χ1n) is 5.20. The Morgan fingerprint density at radius 2 is 1.65 bits per heavy atom. The number of hydrogen-bond donors (Lipinski definition) is 3. The van der Waals surface area contributed by atoms with E-state index in [-0.39, 0.29) is 17.1 Å². The van der Waals surface area contributed by atoms with Crippen molar-refractivity contribution in [1.29, 1.82) is 0 Å². The highest BCUT2D eigenvalue weighted by Gasteiger charge is 2.13. The normalized spacial score (nSPS) is 10.8. The highest BCUT2D eigenvalue weighted by Crippen LogP contribution is 2.10. The monoisotopic (exact) mass is 236 g/mol. The third kappa shape index (κ3) is 4.55. The van der Waals surface area contributed by atoms with Crippen molar-refractivity contribution in [3.05, 3.63) is 29.8 Å². The largest absolute Gasteiger partial charge is 0.478 e. The van der Waals surface area contributed by atoms with Crippen LogP contribution in [0.15, 0.2) is 24.3 Å². The molecule has 1 aromatic rings. The second-order valence-corrected chi connectivity index (χ2v) is 4.71. The molecule has 3 N–H and O–H groups in total. The Morgan fingerprint density at radius 1 is 1.12 bits per heavy atom. The number of hydrogen-bond acceptors (Lipinski definition) is 2. The van der Waals surface area contributed by atoms with Crippen LogP contribution < -0.4 is 10.6 Å². The smallest absolute Gasteiger partial charge is 0.335 e. The quantitative estimate of drug-likeness (QED) is 0.737. The Bertz CT molecular complexity index is 418. The number of carboxylic acid groups (broad SMARTS) is 1. The van der Waals surface area contributed by atoms with Crippen molar-refractivity contribution >= 4 is 17.7 Å². The molecular formula is C12H16N2O3. The standard InChI is InChI=1S/C12H16N2O3/c1-12(2,3)14-11(17)13-9-6-4-8(5-7-9)10(15)16/h4-7H,1-3H3,(H,15,16)(H2,13,14,17). The molecule has 1 rings (SSSR count). The van der Waals surface area contributed by atoms with Crippen molar-refractivity contribution in [3.63, 3.8) is 0 Å². The van der Waals surface area contributed by atoms with Crippen molar-refractivity contribution in [2.45, 2.75) is 26.3 Å². The van der Waals surface area contributed by atoms with Gasteiger partial charge in [-0.1, -0.05) is 0 Å². The number of amides is 2.